The van der Waals surface area contributed by atoms with Crippen LogP contribution in [0, 0.1) is 0 Å². The van der Waals surface area contributed by atoms with Gasteiger partial charge in [-0.25, -0.2) is 8.78 Å². The fourth-order valence-electron chi connectivity index (χ4n) is 1.44. The number of benzene rings is 1. The molecule has 0 heterocycles. The lowest BCUT2D eigenvalue weighted by Gasteiger charge is -2.20. The highest BCUT2D eigenvalue weighted by atomic mass is 19.4. The molecular formula is C10H10F5N. The van der Waals surface area contributed by atoms with E-state index in [0.717, 1.165) is 12.1 Å². The Hall–Kier alpha value is -1.17. The van der Waals surface area contributed by atoms with E-state index < -0.39 is 29.8 Å². The molecule has 0 aromatic heterocycles. The monoisotopic (exact) mass is 239 g/mol. The highest BCUT2D eigenvalue weighted by molar-refractivity contribution is 5.32. The summed E-state index contributed by atoms with van der Waals surface area (Å²) in [5, 5.41) is 2.18. The van der Waals surface area contributed by atoms with E-state index in [1.54, 1.807) is 0 Å². The second-order valence-electron chi connectivity index (χ2n) is 3.19. The average Bonchev–Trinajstić information content (AvgIpc) is 2.17. The topological polar surface area (TPSA) is 12.0 Å². The normalized spacial score (nSPS) is 14.2. The van der Waals surface area contributed by atoms with Gasteiger partial charge >= 0.3 is 6.18 Å². The Bertz CT molecular complexity index is 347. The number of rotatable bonds is 3. The molecule has 16 heavy (non-hydrogen) atoms. The Morgan fingerprint density at radius 3 is 2.12 bits per heavy atom. The molecule has 0 radical (unpaired) electrons. The van der Waals surface area contributed by atoms with Crippen LogP contribution >= 0.6 is 0 Å². The summed E-state index contributed by atoms with van der Waals surface area (Å²) in [4.78, 5) is 0. The number of nitrogens with one attached hydrogen (secondary N) is 1. The van der Waals surface area contributed by atoms with E-state index in [9.17, 15) is 22.0 Å². The average molecular weight is 239 g/mol. The van der Waals surface area contributed by atoms with Crippen molar-refractivity contribution >= 4 is 0 Å². The van der Waals surface area contributed by atoms with Crippen molar-refractivity contribution in [2.24, 2.45) is 0 Å². The number of alkyl halides is 5. The van der Waals surface area contributed by atoms with E-state index in [-0.39, 0.29) is 0 Å². The summed E-state index contributed by atoms with van der Waals surface area (Å²) in [7, 11) is 1.20. The Morgan fingerprint density at radius 1 is 1.12 bits per heavy atom. The van der Waals surface area contributed by atoms with E-state index in [1.165, 1.54) is 19.2 Å². The largest absolute Gasteiger partial charge is 0.416 e. The van der Waals surface area contributed by atoms with Crippen LogP contribution < -0.4 is 5.32 Å². The zero-order valence-corrected chi connectivity index (χ0v) is 8.35. The molecule has 90 valence electrons. The molecule has 1 atom stereocenters. The molecule has 1 aromatic rings. The third kappa shape index (κ3) is 2.69. The smallest absolute Gasteiger partial charge is 0.308 e. The first-order chi connectivity index (χ1) is 7.38. The van der Waals surface area contributed by atoms with Crippen molar-refractivity contribution in [2.45, 2.75) is 18.6 Å². The van der Waals surface area contributed by atoms with Crippen molar-refractivity contribution < 1.29 is 22.0 Å². The van der Waals surface area contributed by atoms with Crippen molar-refractivity contribution in [3.63, 3.8) is 0 Å². The van der Waals surface area contributed by atoms with Crippen molar-refractivity contribution in [1.82, 2.24) is 5.32 Å². The molecule has 0 bridgehead atoms. The lowest BCUT2D eigenvalue weighted by Crippen LogP contribution is -2.26. The summed E-state index contributed by atoms with van der Waals surface area (Å²) in [6, 6.07) is 2.71. The molecule has 1 nitrogen and oxygen atoms in total. The molecule has 0 aliphatic heterocycles. The standard InChI is InChI=1S/C10H10F5N/c1-16-8(9(11)12)6-4-2-3-5-7(6)10(13,14)15/h2-5,8-9,16H,1H3. The summed E-state index contributed by atoms with van der Waals surface area (Å²) >= 11 is 0. The summed E-state index contributed by atoms with van der Waals surface area (Å²) in [5.74, 6) is 0. The molecule has 1 N–H and O–H groups in total. The summed E-state index contributed by atoms with van der Waals surface area (Å²) in [6.45, 7) is 0. The van der Waals surface area contributed by atoms with Crippen LogP contribution in [0.4, 0.5) is 22.0 Å². The lowest BCUT2D eigenvalue weighted by molar-refractivity contribution is -0.138. The summed E-state index contributed by atoms with van der Waals surface area (Å²) in [6.07, 6.45) is -7.52. The van der Waals surface area contributed by atoms with Crippen molar-refractivity contribution in [3.05, 3.63) is 35.4 Å². The third-order valence-corrected chi connectivity index (χ3v) is 2.16. The van der Waals surface area contributed by atoms with Crippen LogP contribution in [-0.2, 0) is 6.18 Å². The zero-order chi connectivity index (χ0) is 12.3. The molecule has 0 fully saturated rings. The van der Waals surface area contributed by atoms with E-state index >= 15 is 0 Å². The molecule has 0 aliphatic carbocycles. The first kappa shape index (κ1) is 12.9. The molecule has 0 aliphatic rings. The lowest BCUT2D eigenvalue weighted by atomic mass is 10.0. The van der Waals surface area contributed by atoms with Gasteiger partial charge in [-0.1, -0.05) is 18.2 Å². The van der Waals surface area contributed by atoms with Crippen LogP contribution in [0.5, 0.6) is 0 Å². The maximum absolute atomic E-state index is 12.5. The Balaban J connectivity index is 3.22. The van der Waals surface area contributed by atoms with Gasteiger partial charge in [-0.2, -0.15) is 13.2 Å². The fraction of sp³-hybridized carbons (Fsp3) is 0.400. The van der Waals surface area contributed by atoms with E-state index in [1.807, 2.05) is 0 Å². The molecular weight excluding hydrogens is 229 g/mol. The van der Waals surface area contributed by atoms with Gasteiger partial charge in [-0.15, -0.1) is 0 Å². The predicted octanol–water partition coefficient (Wildman–Crippen LogP) is 3.23. The minimum atomic E-state index is -4.62. The van der Waals surface area contributed by atoms with E-state index in [2.05, 4.69) is 5.32 Å². The second-order valence-corrected chi connectivity index (χ2v) is 3.19. The van der Waals surface area contributed by atoms with Crippen LogP contribution in [0.2, 0.25) is 0 Å². The maximum atomic E-state index is 12.5. The van der Waals surface area contributed by atoms with Gasteiger partial charge in [0.2, 0.25) is 0 Å². The molecule has 1 unspecified atom stereocenters. The van der Waals surface area contributed by atoms with Crippen molar-refractivity contribution in [2.75, 3.05) is 7.05 Å². The van der Waals surface area contributed by atoms with Crippen LogP contribution in [0.1, 0.15) is 17.2 Å². The van der Waals surface area contributed by atoms with Gasteiger partial charge in [-0.05, 0) is 18.7 Å². The first-order valence-electron chi connectivity index (χ1n) is 4.49. The molecule has 1 rings (SSSR count). The Kier molecular flexibility index (Phi) is 3.85. The maximum Gasteiger partial charge on any atom is 0.416 e. The quantitative estimate of drug-likeness (QED) is 0.798. The Morgan fingerprint density at radius 2 is 1.69 bits per heavy atom. The molecule has 1 aromatic carbocycles. The van der Waals surface area contributed by atoms with Gasteiger partial charge in [-0.3, -0.25) is 0 Å². The van der Waals surface area contributed by atoms with Gasteiger partial charge in [0.1, 0.15) is 0 Å². The van der Waals surface area contributed by atoms with Gasteiger partial charge in [0.25, 0.3) is 6.43 Å². The first-order valence-corrected chi connectivity index (χ1v) is 4.49. The van der Waals surface area contributed by atoms with Crippen LogP contribution in [-0.4, -0.2) is 13.5 Å². The van der Waals surface area contributed by atoms with Gasteiger partial charge in [0, 0.05) is 0 Å². The SMILES string of the molecule is CNC(c1ccccc1C(F)(F)F)C(F)F. The van der Waals surface area contributed by atoms with E-state index in [4.69, 9.17) is 0 Å². The predicted molar refractivity (Wildman–Crippen MR) is 49.2 cm³/mol. The molecule has 0 saturated carbocycles. The second kappa shape index (κ2) is 4.78. The summed E-state index contributed by atoms with van der Waals surface area (Å²) < 4.78 is 62.7. The van der Waals surface area contributed by atoms with Crippen molar-refractivity contribution in [3.8, 4) is 0 Å². The number of halogens is 5. The van der Waals surface area contributed by atoms with Crippen LogP contribution in [0.25, 0.3) is 0 Å². The summed E-state index contributed by atoms with van der Waals surface area (Å²) in [5.41, 5.74) is -1.47. The third-order valence-electron chi connectivity index (χ3n) is 2.16. The van der Waals surface area contributed by atoms with Crippen LogP contribution in [0.3, 0.4) is 0 Å². The minimum absolute atomic E-state index is 0.437. The minimum Gasteiger partial charge on any atom is -0.308 e. The van der Waals surface area contributed by atoms with E-state index in [0.29, 0.717) is 0 Å². The number of hydrogen-bond donors (Lipinski definition) is 1. The fourth-order valence-corrected chi connectivity index (χ4v) is 1.44. The van der Waals surface area contributed by atoms with Gasteiger partial charge in [0.05, 0.1) is 11.6 Å². The van der Waals surface area contributed by atoms with Crippen molar-refractivity contribution in [1.29, 1.82) is 0 Å². The highest BCUT2D eigenvalue weighted by Crippen LogP contribution is 2.35. The molecule has 6 heteroatoms. The van der Waals surface area contributed by atoms with Crippen LogP contribution in [0.15, 0.2) is 24.3 Å². The van der Waals surface area contributed by atoms with Gasteiger partial charge in [0.15, 0.2) is 0 Å². The Labute approximate surface area is 89.3 Å². The zero-order valence-electron chi connectivity index (χ0n) is 8.35. The number of hydrogen-bond acceptors (Lipinski definition) is 1. The highest BCUT2D eigenvalue weighted by Gasteiger charge is 2.36. The molecule has 0 spiro atoms. The molecule has 0 amide bonds. The molecule has 0 saturated heterocycles. The van der Waals surface area contributed by atoms with Gasteiger partial charge < -0.3 is 5.32 Å².